The van der Waals surface area contributed by atoms with Crippen molar-refractivity contribution >= 4 is 23.3 Å². The summed E-state index contributed by atoms with van der Waals surface area (Å²) in [6, 6.07) is 7.42. The van der Waals surface area contributed by atoms with Gasteiger partial charge in [-0.2, -0.15) is 13.2 Å². The molecule has 0 bridgehead atoms. The van der Waals surface area contributed by atoms with E-state index in [0.717, 1.165) is 12.1 Å². The molecule has 2 aromatic rings. The van der Waals surface area contributed by atoms with E-state index < -0.39 is 23.6 Å². The van der Waals surface area contributed by atoms with Crippen LogP contribution in [0.2, 0.25) is 0 Å². The minimum absolute atomic E-state index is 0.0317. The molecule has 0 saturated heterocycles. The first-order valence-electron chi connectivity index (χ1n) is 7.69. The summed E-state index contributed by atoms with van der Waals surface area (Å²) in [7, 11) is 0. The lowest BCUT2D eigenvalue weighted by molar-refractivity contribution is -0.137. The van der Waals surface area contributed by atoms with Crippen LogP contribution in [0.3, 0.4) is 0 Å². The molecular weight excluding hydrogens is 361 g/mol. The maximum absolute atomic E-state index is 12.8. The molecular formula is C18H15F3N4O2. The summed E-state index contributed by atoms with van der Waals surface area (Å²) in [5, 5.41) is 7.47. The number of alkyl halides is 3. The van der Waals surface area contributed by atoms with Crippen molar-refractivity contribution in [3.05, 3.63) is 53.7 Å². The fourth-order valence-electron chi connectivity index (χ4n) is 2.07. The van der Waals surface area contributed by atoms with E-state index in [1.807, 2.05) is 0 Å². The zero-order valence-corrected chi connectivity index (χ0v) is 13.9. The normalized spacial score (nSPS) is 10.6. The van der Waals surface area contributed by atoms with Crippen molar-refractivity contribution in [1.29, 1.82) is 0 Å². The van der Waals surface area contributed by atoms with Gasteiger partial charge >= 0.3 is 6.18 Å². The lowest BCUT2D eigenvalue weighted by Gasteiger charge is -2.13. The van der Waals surface area contributed by atoms with Gasteiger partial charge in [0.15, 0.2) is 0 Å². The zero-order chi connectivity index (χ0) is 19.9. The first kappa shape index (κ1) is 19.8. The predicted octanol–water partition coefficient (Wildman–Crippen LogP) is 2.32. The number of carbonyl (C=O) groups excluding carboxylic acids is 2. The average molecular weight is 376 g/mol. The molecule has 1 heterocycles. The molecule has 0 fully saturated rings. The average Bonchev–Trinajstić information content (AvgIpc) is 2.64. The highest BCUT2D eigenvalue weighted by molar-refractivity contribution is 6.00. The number of rotatable bonds is 6. The molecule has 140 valence electrons. The van der Waals surface area contributed by atoms with Crippen molar-refractivity contribution in [2.75, 3.05) is 18.4 Å². The van der Waals surface area contributed by atoms with E-state index in [0.29, 0.717) is 0 Å². The number of amides is 2. The number of hydrogen-bond donors (Lipinski definition) is 3. The zero-order valence-electron chi connectivity index (χ0n) is 13.9. The minimum atomic E-state index is -4.49. The summed E-state index contributed by atoms with van der Waals surface area (Å²) in [6.45, 7) is -0.275. The van der Waals surface area contributed by atoms with Crippen LogP contribution >= 0.6 is 0 Å². The third-order valence-electron chi connectivity index (χ3n) is 3.30. The lowest BCUT2D eigenvalue weighted by Crippen LogP contribution is -2.37. The van der Waals surface area contributed by atoms with Gasteiger partial charge in [0.1, 0.15) is 5.82 Å². The number of halogens is 3. The highest BCUT2D eigenvalue weighted by Gasteiger charge is 2.30. The smallest absolute Gasteiger partial charge is 0.344 e. The van der Waals surface area contributed by atoms with E-state index in [1.165, 1.54) is 30.5 Å². The van der Waals surface area contributed by atoms with E-state index in [-0.39, 0.29) is 30.2 Å². The molecule has 0 radical (unpaired) electrons. The number of pyridine rings is 1. The largest absolute Gasteiger partial charge is 0.416 e. The molecule has 0 saturated carbocycles. The Balaban J connectivity index is 2.13. The minimum Gasteiger partial charge on any atom is -0.344 e. The summed E-state index contributed by atoms with van der Waals surface area (Å²) in [4.78, 5) is 27.7. The molecule has 2 rings (SSSR count). The van der Waals surface area contributed by atoms with Crippen LogP contribution in [0.25, 0.3) is 0 Å². The van der Waals surface area contributed by atoms with E-state index in [2.05, 4.69) is 26.9 Å². The van der Waals surface area contributed by atoms with Crippen LogP contribution in [0.4, 0.5) is 24.7 Å². The van der Waals surface area contributed by atoms with Crippen LogP contribution in [-0.2, 0) is 11.0 Å². The molecule has 3 N–H and O–H groups in total. The fourth-order valence-corrected chi connectivity index (χ4v) is 2.07. The van der Waals surface area contributed by atoms with Crippen molar-refractivity contribution in [2.45, 2.75) is 6.18 Å². The lowest BCUT2D eigenvalue weighted by atomic mass is 10.2. The van der Waals surface area contributed by atoms with Crippen molar-refractivity contribution in [2.24, 2.45) is 0 Å². The molecule has 0 spiro atoms. The van der Waals surface area contributed by atoms with Crippen LogP contribution in [-0.4, -0.2) is 29.9 Å². The van der Waals surface area contributed by atoms with Crippen molar-refractivity contribution in [1.82, 2.24) is 15.6 Å². The third-order valence-corrected chi connectivity index (χ3v) is 3.30. The number of anilines is 2. The fraction of sp³-hybridized carbons (Fsp3) is 0.167. The quantitative estimate of drug-likeness (QED) is 0.676. The molecule has 0 aliphatic heterocycles. The summed E-state index contributed by atoms with van der Waals surface area (Å²) in [5.41, 5.74) is -0.649. The Labute approximate surface area is 153 Å². The molecule has 2 amide bonds. The second-order valence-electron chi connectivity index (χ2n) is 5.27. The molecule has 6 nitrogen and oxygen atoms in total. The monoisotopic (exact) mass is 376 g/mol. The molecule has 0 unspecified atom stereocenters. The standard InChI is InChI=1S/C18H15F3N4O2/c1-2-8-22-15(26)11-24-17(27)14-7-4-9-23-16(14)25-13-6-3-5-12(10-13)18(19,20)21/h1,3-7,9-10H,8,11H2,(H,22,26)(H,23,25)(H,24,27). The van der Waals surface area contributed by atoms with Gasteiger partial charge in [-0.25, -0.2) is 4.98 Å². The molecule has 9 heteroatoms. The molecule has 1 aromatic heterocycles. The van der Waals surface area contributed by atoms with Crippen LogP contribution in [0, 0.1) is 12.3 Å². The second kappa shape index (κ2) is 8.71. The van der Waals surface area contributed by atoms with Crippen LogP contribution < -0.4 is 16.0 Å². The Kier molecular flexibility index (Phi) is 6.38. The Bertz CT molecular complexity index is 875. The van der Waals surface area contributed by atoms with Crippen LogP contribution in [0.1, 0.15) is 15.9 Å². The Morgan fingerprint density at radius 2 is 1.93 bits per heavy atom. The van der Waals surface area contributed by atoms with Gasteiger partial charge in [-0.1, -0.05) is 12.0 Å². The molecule has 0 atom stereocenters. The summed E-state index contributed by atoms with van der Waals surface area (Å²) < 4.78 is 38.5. The summed E-state index contributed by atoms with van der Waals surface area (Å²) in [6.07, 6.45) is 1.90. The maximum Gasteiger partial charge on any atom is 0.416 e. The van der Waals surface area contributed by atoms with Crippen LogP contribution in [0.15, 0.2) is 42.6 Å². The number of hydrogen-bond acceptors (Lipinski definition) is 4. The van der Waals surface area contributed by atoms with Gasteiger partial charge in [-0.05, 0) is 30.3 Å². The maximum atomic E-state index is 12.8. The predicted molar refractivity (Wildman–Crippen MR) is 93.1 cm³/mol. The van der Waals surface area contributed by atoms with Gasteiger partial charge in [-0.3, -0.25) is 9.59 Å². The van der Waals surface area contributed by atoms with E-state index in [1.54, 1.807) is 0 Å². The van der Waals surface area contributed by atoms with Crippen molar-refractivity contribution in [3.8, 4) is 12.3 Å². The number of carbonyl (C=O) groups is 2. The van der Waals surface area contributed by atoms with E-state index in [4.69, 9.17) is 6.42 Å². The molecule has 0 aliphatic carbocycles. The molecule has 27 heavy (non-hydrogen) atoms. The van der Waals surface area contributed by atoms with Crippen molar-refractivity contribution in [3.63, 3.8) is 0 Å². The third kappa shape index (κ3) is 5.74. The highest BCUT2D eigenvalue weighted by Crippen LogP contribution is 2.31. The van der Waals surface area contributed by atoms with E-state index >= 15 is 0 Å². The number of terminal acetylenes is 1. The Morgan fingerprint density at radius 3 is 2.63 bits per heavy atom. The first-order chi connectivity index (χ1) is 12.8. The van der Waals surface area contributed by atoms with Gasteiger partial charge < -0.3 is 16.0 Å². The number of benzene rings is 1. The summed E-state index contributed by atoms with van der Waals surface area (Å²) >= 11 is 0. The number of aromatic nitrogens is 1. The second-order valence-corrected chi connectivity index (χ2v) is 5.27. The topological polar surface area (TPSA) is 83.1 Å². The van der Waals surface area contributed by atoms with Gasteiger partial charge in [0, 0.05) is 11.9 Å². The summed E-state index contributed by atoms with van der Waals surface area (Å²) in [5.74, 6) is 1.19. The Morgan fingerprint density at radius 1 is 1.15 bits per heavy atom. The van der Waals surface area contributed by atoms with E-state index in [9.17, 15) is 22.8 Å². The van der Waals surface area contributed by atoms with Gasteiger partial charge in [0.05, 0.1) is 24.2 Å². The number of nitrogens with zero attached hydrogens (tertiary/aromatic N) is 1. The molecule has 0 aliphatic rings. The number of nitrogens with one attached hydrogen (secondary N) is 3. The van der Waals surface area contributed by atoms with Crippen LogP contribution in [0.5, 0.6) is 0 Å². The van der Waals surface area contributed by atoms with Crippen molar-refractivity contribution < 1.29 is 22.8 Å². The van der Waals surface area contributed by atoms with Gasteiger partial charge in [-0.15, -0.1) is 6.42 Å². The first-order valence-corrected chi connectivity index (χ1v) is 7.69. The van der Waals surface area contributed by atoms with Gasteiger partial charge in [0.2, 0.25) is 5.91 Å². The Hall–Kier alpha value is -3.54. The molecule has 1 aromatic carbocycles. The SMILES string of the molecule is C#CCNC(=O)CNC(=O)c1cccnc1Nc1cccc(C(F)(F)F)c1. The highest BCUT2D eigenvalue weighted by atomic mass is 19.4. The van der Waals surface area contributed by atoms with Gasteiger partial charge in [0.25, 0.3) is 5.91 Å².